The summed E-state index contributed by atoms with van der Waals surface area (Å²) in [5, 5.41) is 4.28. The number of nitrogens with zero attached hydrogens (tertiary/aromatic N) is 1. The number of hydrogen-bond donors (Lipinski definition) is 1. The van der Waals surface area contributed by atoms with Crippen LogP contribution in [0.3, 0.4) is 0 Å². The van der Waals surface area contributed by atoms with Gasteiger partial charge in [-0.2, -0.15) is 0 Å². The fourth-order valence-corrected chi connectivity index (χ4v) is 3.51. The molecule has 124 valence electrons. The number of likely N-dealkylation sites (tertiary alicyclic amines) is 1. The van der Waals surface area contributed by atoms with Crippen LogP contribution in [0.5, 0.6) is 0 Å². The molecule has 1 atom stereocenters. The van der Waals surface area contributed by atoms with Crippen LogP contribution in [-0.4, -0.2) is 37.6 Å². The molecule has 1 aromatic carbocycles. The van der Waals surface area contributed by atoms with E-state index in [2.05, 4.69) is 56.2 Å². The normalized spacial score (nSPS) is 20.0. The lowest BCUT2D eigenvalue weighted by atomic mass is 9.76. The van der Waals surface area contributed by atoms with Crippen LogP contribution in [-0.2, 0) is 5.41 Å². The van der Waals surface area contributed by atoms with E-state index < -0.39 is 0 Å². The van der Waals surface area contributed by atoms with Crippen LogP contribution in [0.4, 0.5) is 0 Å². The molecule has 1 saturated heterocycles. The number of rotatable bonds is 6. The van der Waals surface area contributed by atoms with Crippen LogP contribution >= 0.6 is 11.6 Å². The topological polar surface area (TPSA) is 15.3 Å². The van der Waals surface area contributed by atoms with Crippen molar-refractivity contribution < 1.29 is 0 Å². The van der Waals surface area contributed by atoms with Gasteiger partial charge in [-0.05, 0) is 81.9 Å². The van der Waals surface area contributed by atoms with E-state index in [9.17, 15) is 0 Å². The van der Waals surface area contributed by atoms with Crippen LogP contribution in [0, 0.1) is 6.92 Å². The van der Waals surface area contributed by atoms with E-state index in [1.807, 2.05) is 0 Å². The van der Waals surface area contributed by atoms with Gasteiger partial charge in [-0.25, -0.2) is 0 Å². The smallest absolute Gasteiger partial charge is 0.0435 e. The number of halogens is 1. The first-order chi connectivity index (χ1) is 10.5. The van der Waals surface area contributed by atoms with E-state index in [1.165, 1.54) is 56.4 Å². The van der Waals surface area contributed by atoms with Crippen molar-refractivity contribution in [2.45, 2.75) is 57.9 Å². The number of hydrogen-bond acceptors (Lipinski definition) is 2. The van der Waals surface area contributed by atoms with Crippen molar-refractivity contribution in [2.75, 3.05) is 26.7 Å². The average molecular weight is 323 g/mol. The molecule has 1 heterocycles. The van der Waals surface area contributed by atoms with Gasteiger partial charge < -0.3 is 10.2 Å². The molecule has 1 aliphatic heterocycles. The Morgan fingerprint density at radius 1 is 1.32 bits per heavy atom. The molecule has 3 heteroatoms. The lowest BCUT2D eigenvalue weighted by molar-refractivity contribution is 0.184. The Bertz CT molecular complexity index is 480. The molecule has 0 saturated carbocycles. The standard InChI is InChI=1S/C19H31ClN2/c1-5-19(3,16-6-7-18(20)15(2)14-16)10-13-22-11-8-17(21-4)9-12-22/h6-7,14,17,21H,5,8-13H2,1-4H3. The van der Waals surface area contributed by atoms with Crippen LogP contribution < -0.4 is 5.32 Å². The molecule has 1 aromatic rings. The lowest BCUT2D eigenvalue weighted by Gasteiger charge is -2.36. The van der Waals surface area contributed by atoms with Crippen LogP contribution in [0.2, 0.25) is 5.02 Å². The van der Waals surface area contributed by atoms with Gasteiger partial charge in [-0.3, -0.25) is 0 Å². The first-order valence-corrected chi connectivity index (χ1v) is 9.02. The van der Waals surface area contributed by atoms with Gasteiger partial charge in [-0.15, -0.1) is 0 Å². The first-order valence-electron chi connectivity index (χ1n) is 8.65. The third-order valence-corrected chi connectivity index (χ3v) is 6.03. The highest BCUT2D eigenvalue weighted by Crippen LogP contribution is 2.33. The molecule has 0 aliphatic carbocycles. The van der Waals surface area contributed by atoms with E-state index in [-0.39, 0.29) is 5.41 Å². The highest BCUT2D eigenvalue weighted by Gasteiger charge is 2.27. The molecule has 2 rings (SSSR count). The minimum Gasteiger partial charge on any atom is -0.317 e. The number of aryl methyl sites for hydroxylation is 1. The van der Waals surface area contributed by atoms with Crippen molar-refractivity contribution in [3.8, 4) is 0 Å². The monoisotopic (exact) mass is 322 g/mol. The van der Waals surface area contributed by atoms with Crippen LogP contribution in [0.1, 0.15) is 50.7 Å². The summed E-state index contributed by atoms with van der Waals surface area (Å²) in [6.07, 6.45) is 4.94. The van der Waals surface area contributed by atoms with Gasteiger partial charge >= 0.3 is 0 Å². The molecule has 1 N–H and O–H groups in total. The van der Waals surface area contributed by atoms with Crippen molar-refractivity contribution >= 4 is 11.6 Å². The van der Waals surface area contributed by atoms with Crippen molar-refractivity contribution in [3.05, 3.63) is 34.3 Å². The van der Waals surface area contributed by atoms with Gasteiger partial charge in [0.1, 0.15) is 0 Å². The molecule has 0 bridgehead atoms. The van der Waals surface area contributed by atoms with E-state index in [0.29, 0.717) is 6.04 Å². The second kappa shape index (κ2) is 7.81. The second-order valence-corrected chi connectivity index (χ2v) is 7.44. The summed E-state index contributed by atoms with van der Waals surface area (Å²) < 4.78 is 0. The summed E-state index contributed by atoms with van der Waals surface area (Å²) in [6, 6.07) is 7.26. The van der Waals surface area contributed by atoms with Crippen molar-refractivity contribution in [1.82, 2.24) is 10.2 Å². The largest absolute Gasteiger partial charge is 0.317 e. The maximum atomic E-state index is 6.19. The number of piperidine rings is 1. The molecule has 0 aromatic heterocycles. The van der Waals surface area contributed by atoms with Crippen LogP contribution in [0.25, 0.3) is 0 Å². The van der Waals surface area contributed by atoms with Crippen molar-refractivity contribution in [1.29, 1.82) is 0 Å². The zero-order chi connectivity index (χ0) is 16.2. The zero-order valence-corrected chi connectivity index (χ0v) is 15.3. The molecule has 0 spiro atoms. The highest BCUT2D eigenvalue weighted by molar-refractivity contribution is 6.31. The van der Waals surface area contributed by atoms with Crippen molar-refractivity contribution in [2.24, 2.45) is 0 Å². The summed E-state index contributed by atoms with van der Waals surface area (Å²) >= 11 is 6.19. The van der Waals surface area contributed by atoms with E-state index in [0.717, 1.165) is 5.02 Å². The Labute approximate surface area is 141 Å². The predicted octanol–water partition coefficient (Wildman–Crippen LogP) is 4.39. The van der Waals surface area contributed by atoms with E-state index in [1.54, 1.807) is 0 Å². The number of benzene rings is 1. The quantitative estimate of drug-likeness (QED) is 0.835. The molecular weight excluding hydrogens is 292 g/mol. The lowest BCUT2D eigenvalue weighted by Crippen LogP contribution is -2.42. The van der Waals surface area contributed by atoms with E-state index >= 15 is 0 Å². The van der Waals surface area contributed by atoms with E-state index in [4.69, 9.17) is 11.6 Å². The second-order valence-electron chi connectivity index (χ2n) is 7.03. The first kappa shape index (κ1) is 17.8. The van der Waals surface area contributed by atoms with Gasteiger partial charge in [0.2, 0.25) is 0 Å². The molecule has 1 fully saturated rings. The molecule has 0 radical (unpaired) electrons. The maximum absolute atomic E-state index is 6.19. The fraction of sp³-hybridized carbons (Fsp3) is 0.684. The Morgan fingerprint density at radius 2 is 2.00 bits per heavy atom. The van der Waals surface area contributed by atoms with Gasteiger partial charge in [-0.1, -0.05) is 37.6 Å². The summed E-state index contributed by atoms with van der Waals surface area (Å²) in [4.78, 5) is 2.63. The Kier molecular flexibility index (Phi) is 6.31. The van der Waals surface area contributed by atoms with Crippen LogP contribution in [0.15, 0.2) is 18.2 Å². The molecule has 1 aliphatic rings. The minimum atomic E-state index is 0.245. The number of nitrogens with one attached hydrogen (secondary N) is 1. The minimum absolute atomic E-state index is 0.245. The molecule has 0 amide bonds. The van der Waals surface area contributed by atoms with Gasteiger partial charge in [0, 0.05) is 11.1 Å². The summed E-state index contributed by atoms with van der Waals surface area (Å²) in [5.41, 5.74) is 2.87. The Morgan fingerprint density at radius 3 is 2.55 bits per heavy atom. The maximum Gasteiger partial charge on any atom is 0.0435 e. The molecule has 1 unspecified atom stereocenters. The highest BCUT2D eigenvalue weighted by atomic mass is 35.5. The Hall–Kier alpha value is -0.570. The summed E-state index contributed by atoms with van der Waals surface area (Å²) in [5.74, 6) is 0. The third kappa shape index (κ3) is 4.24. The Balaban J connectivity index is 1.97. The van der Waals surface area contributed by atoms with Gasteiger partial charge in [0.25, 0.3) is 0 Å². The average Bonchev–Trinajstić information content (AvgIpc) is 2.55. The fourth-order valence-electron chi connectivity index (χ4n) is 3.40. The summed E-state index contributed by atoms with van der Waals surface area (Å²) in [6.45, 7) is 10.5. The zero-order valence-electron chi connectivity index (χ0n) is 14.6. The molecule has 22 heavy (non-hydrogen) atoms. The predicted molar refractivity (Wildman–Crippen MR) is 97.0 cm³/mol. The molecule has 2 nitrogen and oxygen atoms in total. The van der Waals surface area contributed by atoms with Gasteiger partial charge in [0.05, 0.1) is 0 Å². The van der Waals surface area contributed by atoms with Gasteiger partial charge in [0.15, 0.2) is 0 Å². The third-order valence-electron chi connectivity index (χ3n) is 5.61. The van der Waals surface area contributed by atoms with Crippen molar-refractivity contribution in [3.63, 3.8) is 0 Å². The summed E-state index contributed by atoms with van der Waals surface area (Å²) in [7, 11) is 2.08. The SMILES string of the molecule is CCC(C)(CCN1CCC(NC)CC1)c1ccc(Cl)c(C)c1. The molecular formula is C19H31ClN2.